The zero-order valence-corrected chi connectivity index (χ0v) is 14.5. The van der Waals surface area contributed by atoms with Crippen LogP contribution in [0.5, 0.6) is 0 Å². The van der Waals surface area contributed by atoms with Crippen molar-refractivity contribution in [3.63, 3.8) is 0 Å². The molecule has 0 bridgehead atoms. The van der Waals surface area contributed by atoms with Gasteiger partial charge in [0.2, 0.25) is 0 Å². The van der Waals surface area contributed by atoms with Gasteiger partial charge >= 0.3 is 0 Å². The van der Waals surface area contributed by atoms with Crippen LogP contribution in [0.15, 0.2) is 57.7 Å². The third kappa shape index (κ3) is 7.10. The topological polar surface area (TPSA) is 63.2 Å². The Morgan fingerprint density at radius 2 is 2.26 bits per heavy atom. The van der Waals surface area contributed by atoms with E-state index in [1.165, 1.54) is 0 Å². The molecule has 0 aliphatic carbocycles. The Balaban J connectivity index is 2.87. The molecule has 0 aromatic heterocycles. The van der Waals surface area contributed by atoms with Crippen LogP contribution < -0.4 is 5.73 Å². The lowest BCUT2D eigenvalue weighted by Gasteiger charge is -2.14. The second kappa shape index (κ2) is 10.6. The number of amidine groups is 1. The van der Waals surface area contributed by atoms with Crippen molar-refractivity contribution in [2.24, 2.45) is 15.7 Å². The number of nitrogens with zero attached hydrogens (tertiary/aromatic N) is 3. The Kier molecular flexibility index (Phi) is 8.68. The van der Waals surface area contributed by atoms with Gasteiger partial charge in [-0.15, -0.1) is 0 Å². The maximum atomic E-state index is 5.97. The minimum atomic E-state index is 0.542. The highest BCUT2D eigenvalue weighted by molar-refractivity contribution is 5.98. The minimum absolute atomic E-state index is 0.542. The maximum Gasteiger partial charge on any atom is 0.121 e. The number of allylic oxidation sites excluding steroid dienone is 4. The number of hydrogen-bond acceptors (Lipinski definition) is 4. The number of rotatable bonds is 8. The highest BCUT2D eigenvalue weighted by atomic mass is 16.5. The Hall–Kier alpha value is -2.14. The molecule has 0 aromatic rings. The van der Waals surface area contributed by atoms with Crippen LogP contribution in [0.2, 0.25) is 0 Å². The summed E-state index contributed by atoms with van der Waals surface area (Å²) in [5.74, 6) is 0.638. The van der Waals surface area contributed by atoms with Crippen molar-refractivity contribution in [2.45, 2.75) is 19.8 Å². The van der Waals surface area contributed by atoms with Gasteiger partial charge in [0, 0.05) is 32.9 Å². The van der Waals surface area contributed by atoms with Crippen molar-refractivity contribution >= 4 is 12.2 Å². The van der Waals surface area contributed by atoms with E-state index in [0.717, 1.165) is 42.8 Å². The summed E-state index contributed by atoms with van der Waals surface area (Å²) in [6, 6.07) is 0. The summed E-state index contributed by atoms with van der Waals surface area (Å²) in [7, 11) is 3.60. The summed E-state index contributed by atoms with van der Waals surface area (Å²) in [5.41, 5.74) is 8.94. The zero-order valence-electron chi connectivity index (χ0n) is 14.5. The fourth-order valence-electron chi connectivity index (χ4n) is 1.99. The molecule has 126 valence electrons. The second-order valence-electron chi connectivity index (χ2n) is 5.25. The molecule has 0 aromatic carbocycles. The van der Waals surface area contributed by atoms with Crippen molar-refractivity contribution in [3.05, 3.63) is 47.7 Å². The van der Waals surface area contributed by atoms with E-state index in [9.17, 15) is 0 Å². The molecule has 23 heavy (non-hydrogen) atoms. The van der Waals surface area contributed by atoms with Gasteiger partial charge in [0.05, 0.1) is 12.9 Å². The summed E-state index contributed by atoms with van der Waals surface area (Å²) in [4.78, 5) is 10.4. The molecule has 2 N–H and O–H groups in total. The van der Waals surface area contributed by atoms with Crippen LogP contribution in [0.3, 0.4) is 0 Å². The molecule has 5 nitrogen and oxygen atoms in total. The van der Waals surface area contributed by atoms with E-state index in [2.05, 4.69) is 22.6 Å². The van der Waals surface area contributed by atoms with Crippen molar-refractivity contribution in [1.29, 1.82) is 0 Å². The van der Waals surface area contributed by atoms with Crippen LogP contribution in [0.25, 0.3) is 0 Å². The third-order valence-electron chi connectivity index (χ3n) is 3.40. The highest BCUT2D eigenvalue weighted by Crippen LogP contribution is 2.15. The lowest BCUT2D eigenvalue weighted by atomic mass is 10.0. The van der Waals surface area contributed by atoms with Crippen molar-refractivity contribution in [1.82, 2.24) is 4.90 Å². The van der Waals surface area contributed by atoms with E-state index in [4.69, 9.17) is 10.5 Å². The van der Waals surface area contributed by atoms with Crippen molar-refractivity contribution in [2.75, 3.05) is 33.9 Å². The summed E-state index contributed by atoms with van der Waals surface area (Å²) in [6.07, 6.45) is 11.8. The lowest BCUT2D eigenvalue weighted by molar-refractivity contribution is 0.233. The molecular weight excluding hydrogens is 288 g/mol. The first-order valence-electron chi connectivity index (χ1n) is 7.88. The van der Waals surface area contributed by atoms with E-state index < -0.39 is 0 Å². The first-order chi connectivity index (χ1) is 11.1. The fraction of sp³-hybridized carbons (Fsp3) is 0.444. The number of hydrogen-bond donors (Lipinski definition) is 1. The number of nitrogens with two attached hydrogens (primary N) is 1. The molecule has 0 saturated carbocycles. The van der Waals surface area contributed by atoms with Crippen LogP contribution in [-0.2, 0) is 4.74 Å². The monoisotopic (exact) mass is 316 g/mol. The molecule has 5 heteroatoms. The quantitative estimate of drug-likeness (QED) is 0.425. The molecule has 0 radical (unpaired) electrons. The second-order valence-corrected chi connectivity index (χ2v) is 5.25. The van der Waals surface area contributed by atoms with Gasteiger partial charge in [-0.25, -0.2) is 0 Å². The van der Waals surface area contributed by atoms with Crippen molar-refractivity contribution in [3.8, 4) is 0 Å². The molecule has 0 unspecified atom stereocenters. The van der Waals surface area contributed by atoms with Gasteiger partial charge in [-0.1, -0.05) is 18.7 Å². The molecule has 1 aliphatic rings. The summed E-state index contributed by atoms with van der Waals surface area (Å²) in [6.45, 7) is 8.15. The van der Waals surface area contributed by atoms with Gasteiger partial charge < -0.3 is 15.4 Å². The van der Waals surface area contributed by atoms with Gasteiger partial charge in [0.15, 0.2) is 0 Å². The first kappa shape index (κ1) is 18.9. The van der Waals surface area contributed by atoms with Crippen LogP contribution in [0, 0.1) is 0 Å². The standard InChI is InChI=1S/C18H28N4O/c1-5-20-14-22(3)15(2)8-9-16(10-12-23-4)13-17-7-6-11-21-18(17)19/h8-10,13-14H,2,5-7,11-12H2,1,3-4H3,(H2,19,21)/b9-8-,16-10+,17-13+,20-14?. The molecule has 0 spiro atoms. The minimum Gasteiger partial charge on any atom is -0.384 e. The zero-order chi connectivity index (χ0) is 17.1. The molecular formula is C18H28N4O. The SMILES string of the molecule is C=C(\C=C/C(=C\COC)/C=C1\CCCN=C1N)N(C)C=NCC. The maximum absolute atomic E-state index is 5.97. The van der Waals surface area contributed by atoms with Crippen molar-refractivity contribution < 1.29 is 4.74 Å². The van der Waals surface area contributed by atoms with E-state index in [-0.39, 0.29) is 0 Å². The smallest absolute Gasteiger partial charge is 0.121 e. The van der Waals surface area contributed by atoms with Gasteiger partial charge in [-0.05, 0) is 43.1 Å². The van der Waals surface area contributed by atoms with Gasteiger partial charge in [-0.3, -0.25) is 9.98 Å². The molecule has 1 rings (SSSR count). The number of aliphatic imine (C=N–C) groups is 2. The van der Waals surface area contributed by atoms with Crippen LogP contribution >= 0.6 is 0 Å². The predicted molar refractivity (Wildman–Crippen MR) is 98.8 cm³/mol. The van der Waals surface area contributed by atoms with E-state index in [1.54, 1.807) is 13.4 Å². The normalized spacial score (nSPS) is 18.0. The number of likely N-dealkylation sites (N-methyl/N-ethyl adjacent to an activating group) is 1. The molecule has 0 fully saturated rings. The summed E-state index contributed by atoms with van der Waals surface area (Å²) < 4.78 is 5.14. The number of ether oxygens (including phenoxy) is 1. The summed E-state index contributed by atoms with van der Waals surface area (Å²) in [5, 5.41) is 0. The molecule has 1 aliphatic heterocycles. The van der Waals surface area contributed by atoms with Crippen LogP contribution in [-0.4, -0.2) is 50.9 Å². The largest absolute Gasteiger partial charge is 0.384 e. The predicted octanol–water partition coefficient (Wildman–Crippen LogP) is 2.69. The average molecular weight is 316 g/mol. The average Bonchev–Trinajstić information content (AvgIpc) is 2.56. The van der Waals surface area contributed by atoms with Gasteiger partial charge in [0.1, 0.15) is 5.84 Å². The van der Waals surface area contributed by atoms with E-state index >= 15 is 0 Å². The Morgan fingerprint density at radius 3 is 2.91 bits per heavy atom. The Bertz CT molecular complexity index is 541. The fourth-order valence-corrected chi connectivity index (χ4v) is 1.99. The lowest BCUT2D eigenvalue weighted by Crippen LogP contribution is -2.19. The number of methoxy groups -OCH3 is 1. The van der Waals surface area contributed by atoms with E-state index in [1.807, 2.05) is 37.1 Å². The first-order valence-corrected chi connectivity index (χ1v) is 7.88. The van der Waals surface area contributed by atoms with Crippen LogP contribution in [0.4, 0.5) is 0 Å². The summed E-state index contributed by atoms with van der Waals surface area (Å²) >= 11 is 0. The Labute approximate surface area is 139 Å². The Morgan fingerprint density at radius 1 is 1.48 bits per heavy atom. The highest BCUT2D eigenvalue weighted by Gasteiger charge is 2.08. The van der Waals surface area contributed by atoms with E-state index in [0.29, 0.717) is 12.4 Å². The molecule has 0 saturated heterocycles. The molecule has 0 amide bonds. The molecule has 1 heterocycles. The van der Waals surface area contributed by atoms with Crippen LogP contribution in [0.1, 0.15) is 19.8 Å². The third-order valence-corrected chi connectivity index (χ3v) is 3.40. The molecule has 0 atom stereocenters. The van der Waals surface area contributed by atoms with Gasteiger partial charge in [0.25, 0.3) is 0 Å². The van der Waals surface area contributed by atoms with Gasteiger partial charge in [-0.2, -0.15) is 0 Å².